The van der Waals surface area contributed by atoms with Crippen molar-refractivity contribution >= 4 is 28.0 Å². The van der Waals surface area contributed by atoms with Crippen molar-refractivity contribution in [2.45, 2.75) is 38.8 Å². The monoisotopic (exact) mass is 373 g/mol. The number of aliphatic carboxylic acids is 1. The summed E-state index contributed by atoms with van der Waals surface area (Å²) in [4.78, 5) is 23.0. The molecule has 122 valence electrons. The van der Waals surface area contributed by atoms with Crippen LogP contribution in [0.15, 0.2) is 22.7 Å². The molecule has 2 N–H and O–H groups in total. The van der Waals surface area contributed by atoms with E-state index < -0.39 is 23.7 Å². The molecule has 0 radical (unpaired) electrons. The third-order valence-electron chi connectivity index (χ3n) is 2.65. The first-order valence-corrected chi connectivity index (χ1v) is 7.46. The zero-order chi connectivity index (χ0) is 16.9. The predicted molar refractivity (Wildman–Crippen MR) is 85.2 cm³/mol. The number of methoxy groups -OCH3 is 1. The van der Waals surface area contributed by atoms with Crippen LogP contribution in [0.2, 0.25) is 0 Å². The van der Waals surface area contributed by atoms with E-state index in [2.05, 4.69) is 21.2 Å². The number of carbonyl (C=O) groups excluding carboxylic acids is 1. The van der Waals surface area contributed by atoms with Gasteiger partial charge in [-0.15, -0.1) is 0 Å². The highest BCUT2D eigenvalue weighted by atomic mass is 79.9. The average Bonchev–Trinajstić information content (AvgIpc) is 2.35. The molecule has 0 bridgehead atoms. The second kappa shape index (κ2) is 7.49. The Balaban J connectivity index is 2.78. The smallest absolute Gasteiger partial charge is 0.408 e. The second-order valence-corrected chi connectivity index (χ2v) is 6.56. The summed E-state index contributed by atoms with van der Waals surface area (Å²) in [6, 6.07) is 4.16. The number of ether oxygens (including phenoxy) is 2. The first kappa shape index (κ1) is 18.3. The predicted octanol–water partition coefficient (Wildman–Crippen LogP) is 2.98. The minimum Gasteiger partial charge on any atom is -0.496 e. The Labute approximate surface area is 137 Å². The van der Waals surface area contributed by atoms with Crippen molar-refractivity contribution in [3.05, 3.63) is 28.2 Å². The van der Waals surface area contributed by atoms with Gasteiger partial charge in [0, 0.05) is 6.42 Å². The van der Waals surface area contributed by atoms with Gasteiger partial charge in [0.05, 0.1) is 11.6 Å². The van der Waals surface area contributed by atoms with Gasteiger partial charge in [-0.25, -0.2) is 9.59 Å². The fourth-order valence-electron chi connectivity index (χ4n) is 1.72. The number of hydrogen-bond acceptors (Lipinski definition) is 4. The molecule has 0 unspecified atom stereocenters. The summed E-state index contributed by atoms with van der Waals surface area (Å²) < 4.78 is 10.9. The van der Waals surface area contributed by atoms with Gasteiger partial charge in [0.2, 0.25) is 0 Å². The number of carboxylic acid groups (broad SMARTS) is 1. The van der Waals surface area contributed by atoms with Crippen LogP contribution < -0.4 is 10.1 Å². The Morgan fingerprint density at radius 3 is 2.45 bits per heavy atom. The Hall–Kier alpha value is -1.76. The van der Waals surface area contributed by atoms with Crippen LogP contribution in [0.5, 0.6) is 5.75 Å². The van der Waals surface area contributed by atoms with Crippen LogP contribution in [0.4, 0.5) is 4.79 Å². The number of halogens is 1. The fourth-order valence-corrected chi connectivity index (χ4v) is 2.31. The van der Waals surface area contributed by atoms with Crippen molar-refractivity contribution < 1.29 is 24.2 Å². The molecule has 0 aliphatic carbocycles. The largest absolute Gasteiger partial charge is 0.496 e. The van der Waals surface area contributed by atoms with E-state index in [1.807, 2.05) is 0 Å². The van der Waals surface area contributed by atoms with Crippen LogP contribution in [-0.2, 0) is 16.0 Å². The molecule has 6 nitrogen and oxygen atoms in total. The standard InChI is InChI=1S/C15H20BrNO5/c1-15(2,3)22-14(20)17-11(13(18)19)8-9-5-6-12(21-4)10(16)7-9/h5-7,11H,8H2,1-4H3,(H,17,20)(H,18,19)/t11-/m0/s1. The molecule has 7 heteroatoms. The van der Waals surface area contributed by atoms with Crippen LogP contribution in [-0.4, -0.2) is 35.9 Å². The van der Waals surface area contributed by atoms with Crippen molar-refractivity contribution in [1.82, 2.24) is 5.32 Å². The lowest BCUT2D eigenvalue weighted by atomic mass is 10.1. The molecular weight excluding hydrogens is 354 g/mol. The maximum absolute atomic E-state index is 11.7. The topological polar surface area (TPSA) is 84.9 Å². The van der Waals surface area contributed by atoms with Gasteiger partial charge in [-0.2, -0.15) is 0 Å². The zero-order valence-corrected chi connectivity index (χ0v) is 14.6. The molecule has 0 heterocycles. The lowest BCUT2D eigenvalue weighted by Crippen LogP contribution is -2.44. The molecule has 0 aromatic heterocycles. The third kappa shape index (κ3) is 5.93. The molecule has 1 rings (SSSR count). The van der Waals surface area contributed by atoms with Crippen LogP contribution in [0, 0.1) is 0 Å². The average molecular weight is 374 g/mol. The Morgan fingerprint density at radius 2 is 2.00 bits per heavy atom. The minimum absolute atomic E-state index is 0.136. The summed E-state index contributed by atoms with van der Waals surface area (Å²) in [5.74, 6) is -0.478. The molecule has 1 atom stereocenters. The van der Waals surface area contributed by atoms with E-state index in [1.54, 1.807) is 46.1 Å². The Kier molecular flexibility index (Phi) is 6.22. The van der Waals surface area contributed by atoms with Gasteiger partial charge in [-0.1, -0.05) is 6.07 Å². The molecule has 1 amide bonds. The number of rotatable bonds is 5. The highest BCUT2D eigenvalue weighted by Crippen LogP contribution is 2.26. The molecule has 0 saturated heterocycles. The van der Waals surface area contributed by atoms with E-state index >= 15 is 0 Å². The number of benzene rings is 1. The van der Waals surface area contributed by atoms with Crippen molar-refractivity contribution in [2.24, 2.45) is 0 Å². The van der Waals surface area contributed by atoms with E-state index in [1.165, 1.54) is 0 Å². The number of alkyl carbamates (subject to hydrolysis) is 1. The lowest BCUT2D eigenvalue weighted by molar-refractivity contribution is -0.139. The summed E-state index contributed by atoms with van der Waals surface area (Å²) in [7, 11) is 1.55. The molecule has 22 heavy (non-hydrogen) atoms. The van der Waals surface area contributed by atoms with Gasteiger partial charge in [-0.05, 0) is 54.4 Å². The van der Waals surface area contributed by atoms with E-state index in [4.69, 9.17) is 9.47 Å². The van der Waals surface area contributed by atoms with E-state index in [9.17, 15) is 14.7 Å². The maximum atomic E-state index is 11.7. The van der Waals surface area contributed by atoms with E-state index in [-0.39, 0.29) is 6.42 Å². The van der Waals surface area contributed by atoms with Gasteiger partial charge in [0.15, 0.2) is 0 Å². The molecule has 0 aliphatic heterocycles. The van der Waals surface area contributed by atoms with Gasteiger partial charge in [0.25, 0.3) is 0 Å². The summed E-state index contributed by atoms with van der Waals surface area (Å²) in [5.41, 5.74) is 0.0622. The molecule has 0 aliphatic rings. The van der Waals surface area contributed by atoms with E-state index in [0.29, 0.717) is 10.2 Å². The maximum Gasteiger partial charge on any atom is 0.408 e. The van der Waals surface area contributed by atoms with Gasteiger partial charge in [-0.3, -0.25) is 0 Å². The van der Waals surface area contributed by atoms with Crippen molar-refractivity contribution in [3.8, 4) is 5.75 Å². The summed E-state index contributed by atoms with van der Waals surface area (Å²) in [6.45, 7) is 5.13. The molecule has 0 fully saturated rings. The normalized spacial score (nSPS) is 12.4. The Bertz CT molecular complexity index is 553. The van der Waals surface area contributed by atoms with Crippen molar-refractivity contribution in [2.75, 3.05) is 7.11 Å². The second-order valence-electron chi connectivity index (χ2n) is 5.71. The summed E-state index contributed by atoms with van der Waals surface area (Å²) >= 11 is 3.34. The summed E-state index contributed by atoms with van der Waals surface area (Å²) in [6.07, 6.45) is -0.621. The van der Waals surface area contributed by atoms with Crippen molar-refractivity contribution in [3.63, 3.8) is 0 Å². The molecule has 1 aromatic carbocycles. The van der Waals surface area contributed by atoms with Crippen LogP contribution in [0.25, 0.3) is 0 Å². The molecule has 1 aromatic rings. The number of nitrogens with one attached hydrogen (secondary N) is 1. The van der Waals surface area contributed by atoms with Crippen LogP contribution in [0.3, 0.4) is 0 Å². The first-order chi connectivity index (χ1) is 10.1. The fraction of sp³-hybridized carbons (Fsp3) is 0.467. The first-order valence-electron chi connectivity index (χ1n) is 6.67. The number of hydrogen-bond donors (Lipinski definition) is 2. The quantitative estimate of drug-likeness (QED) is 0.828. The third-order valence-corrected chi connectivity index (χ3v) is 3.26. The summed E-state index contributed by atoms with van der Waals surface area (Å²) in [5, 5.41) is 11.6. The van der Waals surface area contributed by atoms with Gasteiger partial charge < -0.3 is 19.9 Å². The van der Waals surface area contributed by atoms with Crippen molar-refractivity contribution in [1.29, 1.82) is 0 Å². The van der Waals surface area contributed by atoms with Crippen LogP contribution >= 0.6 is 15.9 Å². The number of amides is 1. The number of carbonyl (C=O) groups is 2. The lowest BCUT2D eigenvalue weighted by Gasteiger charge is -2.22. The zero-order valence-electron chi connectivity index (χ0n) is 13.0. The van der Waals surface area contributed by atoms with E-state index in [0.717, 1.165) is 5.56 Å². The molecular formula is C15H20BrNO5. The highest BCUT2D eigenvalue weighted by Gasteiger charge is 2.24. The number of carboxylic acids is 1. The molecule has 0 spiro atoms. The minimum atomic E-state index is -1.13. The van der Waals surface area contributed by atoms with Gasteiger partial charge >= 0.3 is 12.1 Å². The van der Waals surface area contributed by atoms with Crippen LogP contribution in [0.1, 0.15) is 26.3 Å². The van der Waals surface area contributed by atoms with Gasteiger partial charge in [0.1, 0.15) is 17.4 Å². The highest BCUT2D eigenvalue weighted by molar-refractivity contribution is 9.10. The SMILES string of the molecule is COc1ccc(C[C@H](NC(=O)OC(C)(C)C)C(=O)O)cc1Br. The molecule has 0 saturated carbocycles. The Morgan fingerprint density at radius 1 is 1.36 bits per heavy atom.